The summed E-state index contributed by atoms with van der Waals surface area (Å²) in [6.07, 6.45) is 8.86. The zero-order valence-electron chi connectivity index (χ0n) is 28.4. The number of nitrogens with zero attached hydrogens (tertiary/aromatic N) is 1. The van der Waals surface area contributed by atoms with Crippen LogP contribution < -0.4 is 4.90 Å². The highest BCUT2D eigenvalue weighted by Gasteiger charge is 2.23. The average Bonchev–Trinajstić information content (AvgIpc) is 3.22. The molecule has 0 heterocycles. The quantitative estimate of drug-likeness (QED) is 0.166. The predicted octanol–water partition coefficient (Wildman–Crippen LogP) is 14.2. The molecule has 0 spiro atoms. The van der Waals surface area contributed by atoms with Crippen LogP contribution in [0.3, 0.4) is 0 Å². The van der Waals surface area contributed by atoms with E-state index in [0.717, 1.165) is 24.2 Å². The minimum Gasteiger partial charge on any atom is -0.309 e. The van der Waals surface area contributed by atoms with Crippen LogP contribution in [0.4, 0.5) is 17.1 Å². The molecule has 0 aliphatic heterocycles. The van der Waals surface area contributed by atoms with Gasteiger partial charge in [0.05, 0.1) is 11.4 Å². The first-order valence-electron chi connectivity index (χ1n) is 17.8. The Morgan fingerprint density at radius 3 is 1.80 bits per heavy atom. The maximum Gasteiger partial charge on any atom is 0.0546 e. The van der Waals surface area contributed by atoms with E-state index in [2.05, 4.69) is 205 Å². The van der Waals surface area contributed by atoms with E-state index >= 15 is 0 Å². The van der Waals surface area contributed by atoms with Gasteiger partial charge in [0.1, 0.15) is 0 Å². The van der Waals surface area contributed by atoms with Crippen LogP contribution in [0.2, 0.25) is 0 Å². The first kappa shape index (κ1) is 30.6. The Labute approximate surface area is 300 Å². The molecule has 0 aromatic heterocycles. The molecule has 0 atom stereocenters. The van der Waals surface area contributed by atoms with Gasteiger partial charge in [-0.05, 0) is 92.2 Å². The minimum absolute atomic E-state index is 1.03. The summed E-state index contributed by atoms with van der Waals surface area (Å²) in [4.78, 5) is 2.50. The molecule has 0 saturated heterocycles. The van der Waals surface area contributed by atoms with E-state index in [1.54, 1.807) is 0 Å². The van der Waals surface area contributed by atoms with E-state index in [4.69, 9.17) is 0 Å². The number of fused-ring (bicyclic) bond motifs is 2. The van der Waals surface area contributed by atoms with Gasteiger partial charge in [-0.25, -0.2) is 0 Å². The van der Waals surface area contributed by atoms with E-state index in [0.29, 0.717) is 0 Å². The Bertz CT molecular complexity index is 2550. The lowest BCUT2D eigenvalue weighted by atomic mass is 9.90. The van der Waals surface area contributed by atoms with Gasteiger partial charge >= 0.3 is 0 Å². The maximum absolute atomic E-state index is 2.50. The monoisotopic (exact) mass is 651 g/mol. The summed E-state index contributed by atoms with van der Waals surface area (Å²) in [5.74, 6) is 0. The highest BCUT2D eigenvalue weighted by Crippen LogP contribution is 2.47. The van der Waals surface area contributed by atoms with Crippen LogP contribution in [-0.2, 0) is 0 Å². The Morgan fingerprint density at radius 2 is 1.04 bits per heavy atom. The number of rotatable bonds is 7. The first-order chi connectivity index (χ1) is 25.3. The van der Waals surface area contributed by atoms with Gasteiger partial charge in [-0.15, -0.1) is 0 Å². The molecule has 0 fully saturated rings. The lowest BCUT2D eigenvalue weighted by Gasteiger charge is -2.31. The van der Waals surface area contributed by atoms with Gasteiger partial charge in [-0.2, -0.15) is 0 Å². The number of hydrogen-bond donors (Lipinski definition) is 0. The molecule has 0 N–H and O–H groups in total. The fourth-order valence-electron chi connectivity index (χ4n) is 7.67. The standard InChI is InChI=1S/C50H37N/c1-4-15-36(16-5-1)37-29-32-43(33-30-37)51(48-28-14-24-41-23-13-27-47(50(41)48)40-19-8-3-9-20-40)49-35-42(31-34-46(49)39-17-6-2-7-18-39)45-26-12-22-38-21-10-11-25-44(38)45/h1-8,10-19,21-35H,9,20H2. The molecule has 9 rings (SSSR count). The van der Waals surface area contributed by atoms with Crippen LogP contribution in [-0.4, -0.2) is 0 Å². The van der Waals surface area contributed by atoms with Gasteiger partial charge in [0.2, 0.25) is 0 Å². The summed E-state index contributed by atoms with van der Waals surface area (Å²) in [6, 6.07) is 66.4. The molecular formula is C50H37N. The highest BCUT2D eigenvalue weighted by molar-refractivity contribution is 6.07. The number of benzene rings is 8. The van der Waals surface area contributed by atoms with Crippen molar-refractivity contribution >= 4 is 44.2 Å². The largest absolute Gasteiger partial charge is 0.309 e. The van der Waals surface area contributed by atoms with Crippen LogP contribution in [0.25, 0.3) is 60.5 Å². The third kappa shape index (κ3) is 5.83. The third-order valence-electron chi connectivity index (χ3n) is 10.1. The molecule has 51 heavy (non-hydrogen) atoms. The second-order valence-electron chi connectivity index (χ2n) is 13.2. The van der Waals surface area contributed by atoms with Crippen molar-refractivity contribution in [2.75, 3.05) is 4.90 Å². The summed E-state index contributed by atoms with van der Waals surface area (Å²) in [7, 11) is 0. The maximum atomic E-state index is 2.50. The summed E-state index contributed by atoms with van der Waals surface area (Å²) < 4.78 is 0. The first-order valence-corrected chi connectivity index (χ1v) is 17.8. The molecular weight excluding hydrogens is 615 g/mol. The Balaban J connectivity index is 1.34. The average molecular weight is 652 g/mol. The fourth-order valence-corrected chi connectivity index (χ4v) is 7.67. The van der Waals surface area contributed by atoms with Gasteiger partial charge < -0.3 is 4.90 Å². The van der Waals surface area contributed by atoms with Crippen LogP contribution in [0.1, 0.15) is 18.4 Å². The van der Waals surface area contributed by atoms with Gasteiger partial charge in [-0.3, -0.25) is 0 Å². The van der Waals surface area contributed by atoms with Crippen LogP contribution in [0.15, 0.2) is 200 Å². The lowest BCUT2D eigenvalue weighted by Crippen LogP contribution is -2.12. The normalized spacial score (nSPS) is 12.6. The van der Waals surface area contributed by atoms with Gasteiger partial charge in [0.15, 0.2) is 0 Å². The smallest absolute Gasteiger partial charge is 0.0546 e. The molecule has 1 aliphatic carbocycles. The molecule has 8 aromatic rings. The van der Waals surface area contributed by atoms with Crippen molar-refractivity contribution in [2.24, 2.45) is 0 Å². The second kappa shape index (κ2) is 13.5. The van der Waals surface area contributed by atoms with Crippen molar-refractivity contribution in [3.8, 4) is 33.4 Å². The lowest BCUT2D eigenvalue weighted by molar-refractivity contribution is 1.06. The minimum atomic E-state index is 1.03. The van der Waals surface area contributed by atoms with Crippen molar-refractivity contribution in [2.45, 2.75) is 12.8 Å². The van der Waals surface area contributed by atoms with Crippen molar-refractivity contribution in [3.63, 3.8) is 0 Å². The van der Waals surface area contributed by atoms with E-state index in [1.807, 2.05) is 0 Å². The fraction of sp³-hybridized carbons (Fsp3) is 0.0400. The van der Waals surface area contributed by atoms with Crippen molar-refractivity contribution < 1.29 is 0 Å². The van der Waals surface area contributed by atoms with Crippen LogP contribution >= 0.6 is 0 Å². The SMILES string of the molecule is C1=CCCC(c2cccc3cccc(N(c4ccc(-c5ccccc5)cc4)c4cc(-c5cccc6ccccc56)ccc4-c4ccccc4)c23)=C1. The third-order valence-corrected chi connectivity index (χ3v) is 10.1. The topological polar surface area (TPSA) is 3.24 Å². The molecule has 242 valence electrons. The summed E-state index contributed by atoms with van der Waals surface area (Å²) >= 11 is 0. The molecule has 0 unspecified atom stereocenters. The van der Waals surface area contributed by atoms with Crippen LogP contribution in [0.5, 0.6) is 0 Å². The van der Waals surface area contributed by atoms with Gasteiger partial charge in [0.25, 0.3) is 0 Å². The van der Waals surface area contributed by atoms with Gasteiger partial charge in [-0.1, -0.05) is 176 Å². The van der Waals surface area contributed by atoms with Crippen LogP contribution in [0, 0.1) is 0 Å². The molecule has 8 aromatic carbocycles. The molecule has 1 heteroatoms. The Morgan fingerprint density at radius 1 is 0.412 bits per heavy atom. The highest BCUT2D eigenvalue weighted by atomic mass is 15.1. The van der Waals surface area contributed by atoms with E-state index in [9.17, 15) is 0 Å². The van der Waals surface area contributed by atoms with Crippen molar-refractivity contribution in [1.82, 2.24) is 0 Å². The summed E-state index contributed by atoms with van der Waals surface area (Å²) in [6.45, 7) is 0. The number of anilines is 3. The van der Waals surface area contributed by atoms with Crippen molar-refractivity contribution in [3.05, 3.63) is 206 Å². The molecule has 0 bridgehead atoms. The van der Waals surface area contributed by atoms with E-state index in [1.165, 1.54) is 71.7 Å². The molecule has 1 aliphatic rings. The second-order valence-corrected chi connectivity index (χ2v) is 13.2. The predicted molar refractivity (Wildman–Crippen MR) is 219 cm³/mol. The molecule has 1 nitrogen and oxygen atoms in total. The molecule has 0 saturated carbocycles. The number of allylic oxidation sites excluding steroid dienone is 4. The number of hydrogen-bond acceptors (Lipinski definition) is 1. The Kier molecular flexibility index (Phi) is 8.08. The molecule has 0 radical (unpaired) electrons. The van der Waals surface area contributed by atoms with E-state index in [-0.39, 0.29) is 0 Å². The summed E-state index contributed by atoms with van der Waals surface area (Å²) in [5.41, 5.74) is 13.3. The molecule has 0 amide bonds. The van der Waals surface area contributed by atoms with Gasteiger partial charge in [0, 0.05) is 16.6 Å². The zero-order valence-corrected chi connectivity index (χ0v) is 28.4. The van der Waals surface area contributed by atoms with Crippen molar-refractivity contribution in [1.29, 1.82) is 0 Å². The Hall–Kier alpha value is -6.44. The zero-order chi connectivity index (χ0) is 34.0. The summed E-state index contributed by atoms with van der Waals surface area (Å²) in [5, 5.41) is 4.99. The van der Waals surface area contributed by atoms with E-state index < -0.39 is 0 Å².